The van der Waals surface area contributed by atoms with Crippen LogP contribution < -0.4 is 31.7 Å². The zero-order chi connectivity index (χ0) is 57.3. The molecule has 0 spiro atoms. The number of ketones is 2. The third kappa shape index (κ3) is 13.3. The summed E-state index contributed by atoms with van der Waals surface area (Å²) in [6, 6.07) is 13.6. The number of benzene rings is 4. The number of nitrogens with one attached hydrogen (secondary N) is 2. The Morgan fingerprint density at radius 1 is 0.863 bits per heavy atom. The lowest BCUT2D eigenvalue weighted by Crippen LogP contribution is -2.53. The molecule has 5 aromatic rings. The molecule has 0 saturated carbocycles. The summed E-state index contributed by atoms with van der Waals surface area (Å²) in [5, 5.41) is 74.2. The van der Waals surface area contributed by atoms with Gasteiger partial charge in [-0.05, 0) is 55.3 Å². The first-order valence-electron chi connectivity index (χ1n) is 25.9. The Bertz CT molecular complexity index is 3160. The first kappa shape index (κ1) is 58.8. The van der Waals surface area contributed by atoms with Crippen molar-refractivity contribution in [3.05, 3.63) is 110 Å². The number of hydrogen-bond donors (Lipinski definition) is 9. The van der Waals surface area contributed by atoms with Crippen LogP contribution in [0.4, 0.5) is 0 Å². The topological polar surface area (TPSA) is 361 Å². The molecule has 80 heavy (non-hydrogen) atoms. The zero-order valence-electron chi connectivity index (χ0n) is 44.3. The van der Waals surface area contributed by atoms with Crippen LogP contribution in [-0.4, -0.2) is 174 Å². The van der Waals surface area contributed by atoms with Gasteiger partial charge < -0.3 is 84.0 Å². The number of rotatable bonds is 26. The molecule has 25 heteroatoms. The standard InChI is InChI=1S/C55H65N5O20/c1-29-7-9-37-35(21-29)60(54(70)80-37)26-31-8-10-38(36(62)22-31)77-28-43(64)57-12-14-74-16-18-76-20-19-75-17-15-73-13-11-42(63)59-58-41(27-61)55(71)24-33-46(40(25-55)79-44-23-34(56)49(65)30(2)78-44)53(69)48-47(51(33)67)50(66)32-5-4-6-39(72-3)45(32)52(48)68/h4-10,21-22,30,34,40,44,49,61-62,65,67,69,71H,11-20,23-28,56H2,1-3H3,(H,57,64)(H,59,63)/t30-,34-,40-,44?,49+,55-/m0/s1. The molecule has 1 unspecified atom stereocenters. The van der Waals surface area contributed by atoms with E-state index in [1.54, 1.807) is 19.1 Å². The van der Waals surface area contributed by atoms with Crippen molar-refractivity contribution in [1.82, 2.24) is 15.3 Å². The number of nitrogens with two attached hydrogens (primary N) is 1. The van der Waals surface area contributed by atoms with E-state index in [0.717, 1.165) is 5.56 Å². The summed E-state index contributed by atoms with van der Waals surface area (Å²) in [6.45, 7) is 4.15. The van der Waals surface area contributed by atoms with Gasteiger partial charge in [0.1, 0.15) is 22.8 Å². The van der Waals surface area contributed by atoms with Gasteiger partial charge in [0.2, 0.25) is 11.7 Å². The van der Waals surface area contributed by atoms with Gasteiger partial charge in [0.15, 0.2) is 35.8 Å². The van der Waals surface area contributed by atoms with Gasteiger partial charge in [0.25, 0.3) is 5.91 Å². The van der Waals surface area contributed by atoms with Crippen LogP contribution in [0.15, 0.2) is 68.9 Å². The van der Waals surface area contributed by atoms with Gasteiger partial charge in [-0.1, -0.05) is 24.3 Å². The largest absolute Gasteiger partial charge is 0.507 e. The van der Waals surface area contributed by atoms with E-state index in [-0.39, 0.29) is 131 Å². The van der Waals surface area contributed by atoms with Crippen LogP contribution in [0.5, 0.6) is 28.7 Å². The summed E-state index contributed by atoms with van der Waals surface area (Å²) >= 11 is 0. The van der Waals surface area contributed by atoms with Crippen molar-refractivity contribution < 1.29 is 92.1 Å². The molecule has 6 atom stereocenters. The number of aliphatic hydroxyl groups excluding tert-OH is 2. The van der Waals surface area contributed by atoms with Crippen molar-refractivity contribution in [2.45, 2.75) is 82.3 Å². The quantitative estimate of drug-likeness (QED) is 0.0161. The molecule has 1 aliphatic heterocycles. The number of hydrogen-bond acceptors (Lipinski definition) is 22. The first-order chi connectivity index (χ1) is 38.4. The van der Waals surface area contributed by atoms with Gasteiger partial charge in [-0.2, -0.15) is 5.10 Å². The highest BCUT2D eigenvalue weighted by Crippen LogP contribution is 2.52. The SMILES string of the molecule is COc1cccc2c1C(=O)c1c(O)c3c(c(O)c1C2=O)C[C@@](O)(C(CO)=NNC(=O)CCOCCOCCOCCOCCNC(=O)COc1ccc(Cn2c(=O)oc4ccc(C)cc42)cc1O)C[C@@H]3OC1C[C@H](N)[C@H](O)[C@H](C)O1. The maximum atomic E-state index is 14.1. The Morgan fingerprint density at radius 3 is 2.25 bits per heavy atom. The summed E-state index contributed by atoms with van der Waals surface area (Å²) < 4.78 is 51.7. The Morgan fingerprint density at radius 2 is 1.56 bits per heavy atom. The van der Waals surface area contributed by atoms with E-state index in [2.05, 4.69) is 15.8 Å². The van der Waals surface area contributed by atoms with Crippen LogP contribution in [0.1, 0.15) is 86.4 Å². The van der Waals surface area contributed by atoms with Gasteiger partial charge >= 0.3 is 5.76 Å². The number of aromatic hydroxyl groups is 3. The maximum absolute atomic E-state index is 14.1. The number of ether oxygens (including phenoxy) is 8. The third-order valence-electron chi connectivity index (χ3n) is 13.8. The summed E-state index contributed by atoms with van der Waals surface area (Å²) in [6.07, 6.45) is -5.62. The number of aliphatic hydroxyl groups is 3. The molecule has 1 fully saturated rings. The number of carbonyl (C=O) groups is 4. The third-order valence-corrected chi connectivity index (χ3v) is 13.8. The number of methoxy groups -OCH3 is 1. The Labute approximate surface area is 457 Å². The van der Waals surface area contributed by atoms with E-state index in [0.29, 0.717) is 16.7 Å². The first-order valence-corrected chi connectivity index (χ1v) is 25.9. The smallest absolute Gasteiger partial charge is 0.420 e. The summed E-state index contributed by atoms with van der Waals surface area (Å²) in [5.74, 6) is -4.63. The molecule has 2 heterocycles. The molecular formula is C55H65N5O20. The molecule has 1 aromatic heterocycles. The number of oxazole rings is 1. The van der Waals surface area contributed by atoms with Gasteiger partial charge in [-0.3, -0.25) is 23.7 Å². The predicted molar refractivity (Wildman–Crippen MR) is 281 cm³/mol. The number of carbonyl (C=O) groups excluding carboxylic acids is 4. The number of hydrazone groups is 1. The number of phenols is 3. The van der Waals surface area contributed by atoms with Gasteiger partial charge in [0.05, 0.1) is 126 Å². The number of fused-ring (bicyclic) bond motifs is 4. The zero-order valence-corrected chi connectivity index (χ0v) is 44.3. The van der Waals surface area contributed by atoms with Crippen LogP contribution in [0.2, 0.25) is 0 Å². The van der Waals surface area contributed by atoms with Gasteiger partial charge in [-0.15, -0.1) is 0 Å². The lowest BCUT2D eigenvalue weighted by atomic mass is 9.71. The van der Waals surface area contributed by atoms with Crippen molar-refractivity contribution >= 4 is 40.2 Å². The van der Waals surface area contributed by atoms with Gasteiger partial charge in [0, 0.05) is 48.5 Å². The number of aryl methyl sites for hydroxylation is 1. The average Bonchev–Trinajstić information content (AvgIpc) is 3.90. The van der Waals surface area contributed by atoms with Crippen LogP contribution in [-0.2, 0) is 51.0 Å². The summed E-state index contributed by atoms with van der Waals surface area (Å²) in [5.41, 5.74) is 7.05. The van der Waals surface area contributed by atoms with Crippen molar-refractivity contribution in [1.29, 1.82) is 0 Å². The molecule has 0 bridgehead atoms. The molecule has 0 radical (unpaired) electrons. The normalized spacial score (nSPS) is 20.7. The molecule has 4 aromatic carbocycles. The maximum Gasteiger partial charge on any atom is 0.420 e. The molecule has 3 aliphatic rings. The lowest BCUT2D eigenvalue weighted by molar-refractivity contribution is -0.245. The minimum Gasteiger partial charge on any atom is -0.507 e. The second kappa shape index (κ2) is 26.3. The molecule has 2 aliphatic carbocycles. The Hall–Kier alpha value is -7.30. The predicted octanol–water partition coefficient (Wildman–Crippen LogP) is 1.53. The minimum atomic E-state index is -2.20. The van der Waals surface area contributed by atoms with E-state index in [4.69, 9.17) is 48.0 Å². The van der Waals surface area contributed by atoms with Gasteiger partial charge in [-0.25, -0.2) is 10.2 Å². The fraction of sp³-hybridized carbons (Fsp3) is 0.455. The number of phenolic OH excluding ortho intramolecular Hbond substituents is 3. The highest BCUT2D eigenvalue weighted by molar-refractivity contribution is 6.31. The lowest BCUT2D eigenvalue weighted by Gasteiger charge is -2.43. The van der Waals surface area contributed by atoms with Crippen LogP contribution in [0.3, 0.4) is 0 Å². The van der Waals surface area contributed by atoms with E-state index >= 15 is 0 Å². The van der Waals surface area contributed by atoms with Crippen molar-refractivity contribution in [2.75, 3.05) is 79.7 Å². The van der Waals surface area contributed by atoms with E-state index in [9.17, 15) is 54.6 Å². The highest BCUT2D eigenvalue weighted by atomic mass is 16.7. The van der Waals surface area contributed by atoms with Crippen molar-refractivity contribution in [3.8, 4) is 28.7 Å². The van der Waals surface area contributed by atoms with E-state index in [1.807, 2.05) is 19.1 Å². The number of nitrogens with zero attached hydrogens (tertiary/aromatic N) is 2. The fourth-order valence-corrected chi connectivity index (χ4v) is 9.75. The van der Waals surface area contributed by atoms with Crippen LogP contribution in [0.25, 0.3) is 11.1 Å². The summed E-state index contributed by atoms with van der Waals surface area (Å²) in [4.78, 5) is 65.6. The van der Waals surface area contributed by atoms with Crippen LogP contribution >= 0.6 is 0 Å². The molecule has 2 amide bonds. The fourth-order valence-electron chi connectivity index (χ4n) is 9.75. The monoisotopic (exact) mass is 1120 g/mol. The van der Waals surface area contributed by atoms with Crippen LogP contribution in [0, 0.1) is 6.92 Å². The molecule has 25 nitrogen and oxygen atoms in total. The van der Waals surface area contributed by atoms with E-state index in [1.165, 1.54) is 42.0 Å². The highest BCUT2D eigenvalue weighted by Gasteiger charge is 2.50. The average molecular weight is 1120 g/mol. The molecule has 430 valence electrons. The molecule has 10 N–H and O–H groups in total. The Balaban J connectivity index is 0.722. The molecular weight excluding hydrogens is 1050 g/mol. The number of amides is 2. The molecule has 8 rings (SSSR count). The number of aromatic nitrogens is 1. The van der Waals surface area contributed by atoms with E-state index < -0.39 is 107 Å². The molecule has 1 saturated heterocycles. The Kier molecular flexibility index (Phi) is 19.4. The second-order valence-corrected chi connectivity index (χ2v) is 19.4. The van der Waals surface area contributed by atoms with Crippen molar-refractivity contribution in [2.24, 2.45) is 10.8 Å². The van der Waals surface area contributed by atoms with Crippen molar-refractivity contribution in [3.63, 3.8) is 0 Å². The summed E-state index contributed by atoms with van der Waals surface area (Å²) in [7, 11) is 1.31. The minimum absolute atomic E-state index is 0.0360. The second-order valence-electron chi connectivity index (χ2n) is 19.4.